The molecule has 0 saturated carbocycles. The van der Waals surface area contributed by atoms with Crippen molar-refractivity contribution in [3.05, 3.63) is 62.3 Å². The molecule has 0 atom stereocenters. The predicted octanol–water partition coefficient (Wildman–Crippen LogP) is 3.69. The Hall–Kier alpha value is -3.35. The maximum atomic E-state index is 12.5. The van der Waals surface area contributed by atoms with Crippen LogP contribution in [0.1, 0.15) is 5.56 Å². The van der Waals surface area contributed by atoms with Crippen LogP contribution in [0.3, 0.4) is 0 Å². The predicted molar refractivity (Wildman–Crippen MR) is 92.4 cm³/mol. The SMILES string of the molecule is COc1cc(OC)c2c(=O)cc(-c3ccc(C)c([N+](=O)[O-])c3)oc2c1. The summed E-state index contributed by atoms with van der Waals surface area (Å²) in [6.07, 6.45) is 0. The summed E-state index contributed by atoms with van der Waals surface area (Å²) >= 11 is 0. The molecular formula is C18H15NO6. The first-order valence-electron chi connectivity index (χ1n) is 7.40. The number of hydrogen-bond acceptors (Lipinski definition) is 6. The Balaban J connectivity index is 2.27. The van der Waals surface area contributed by atoms with E-state index in [9.17, 15) is 14.9 Å². The first-order valence-corrected chi connectivity index (χ1v) is 7.40. The minimum Gasteiger partial charge on any atom is -0.496 e. The Morgan fingerprint density at radius 1 is 1.08 bits per heavy atom. The van der Waals surface area contributed by atoms with E-state index in [-0.39, 0.29) is 27.8 Å². The van der Waals surface area contributed by atoms with E-state index in [0.29, 0.717) is 22.6 Å². The van der Waals surface area contributed by atoms with Gasteiger partial charge in [0, 0.05) is 35.4 Å². The zero-order valence-electron chi connectivity index (χ0n) is 13.9. The highest BCUT2D eigenvalue weighted by Crippen LogP contribution is 2.33. The summed E-state index contributed by atoms with van der Waals surface area (Å²) in [5, 5.41) is 11.4. The normalized spacial score (nSPS) is 10.7. The molecule has 0 aliphatic heterocycles. The molecule has 1 aromatic heterocycles. The molecule has 128 valence electrons. The summed E-state index contributed by atoms with van der Waals surface area (Å²) in [6.45, 7) is 1.65. The minimum atomic E-state index is -0.468. The Morgan fingerprint density at radius 2 is 1.84 bits per heavy atom. The van der Waals surface area contributed by atoms with Crippen LogP contribution in [0.25, 0.3) is 22.3 Å². The largest absolute Gasteiger partial charge is 0.496 e. The van der Waals surface area contributed by atoms with E-state index in [4.69, 9.17) is 13.9 Å². The van der Waals surface area contributed by atoms with Crippen molar-refractivity contribution < 1.29 is 18.8 Å². The molecule has 0 N–H and O–H groups in total. The number of nitrogens with zero attached hydrogens (tertiary/aromatic N) is 1. The van der Waals surface area contributed by atoms with Gasteiger partial charge < -0.3 is 13.9 Å². The molecule has 7 nitrogen and oxygen atoms in total. The van der Waals surface area contributed by atoms with Gasteiger partial charge in [0.05, 0.1) is 19.1 Å². The number of nitro benzene ring substituents is 1. The number of ether oxygens (including phenoxy) is 2. The smallest absolute Gasteiger partial charge is 0.273 e. The van der Waals surface area contributed by atoms with E-state index in [2.05, 4.69) is 0 Å². The molecular weight excluding hydrogens is 326 g/mol. The molecule has 7 heteroatoms. The number of rotatable bonds is 4. The van der Waals surface area contributed by atoms with Gasteiger partial charge in [-0.1, -0.05) is 12.1 Å². The summed E-state index contributed by atoms with van der Waals surface area (Å²) in [6, 6.07) is 9.14. The maximum absolute atomic E-state index is 12.5. The number of benzene rings is 2. The van der Waals surface area contributed by atoms with E-state index in [1.165, 1.54) is 26.4 Å². The average molecular weight is 341 g/mol. The van der Waals surface area contributed by atoms with Crippen LogP contribution >= 0.6 is 0 Å². The fourth-order valence-corrected chi connectivity index (χ4v) is 2.61. The molecule has 25 heavy (non-hydrogen) atoms. The first-order chi connectivity index (χ1) is 11.9. The lowest BCUT2D eigenvalue weighted by atomic mass is 10.1. The van der Waals surface area contributed by atoms with Crippen molar-refractivity contribution in [2.24, 2.45) is 0 Å². The van der Waals surface area contributed by atoms with Crippen LogP contribution in [-0.2, 0) is 0 Å². The van der Waals surface area contributed by atoms with Gasteiger partial charge in [0.2, 0.25) is 0 Å². The zero-order chi connectivity index (χ0) is 18.1. The van der Waals surface area contributed by atoms with Crippen molar-refractivity contribution in [3.8, 4) is 22.8 Å². The topological polar surface area (TPSA) is 91.8 Å². The monoisotopic (exact) mass is 341 g/mol. The molecule has 0 bridgehead atoms. The van der Waals surface area contributed by atoms with Crippen molar-refractivity contribution in [2.45, 2.75) is 6.92 Å². The number of nitro groups is 1. The van der Waals surface area contributed by atoms with Crippen LogP contribution in [0.2, 0.25) is 0 Å². The summed E-state index contributed by atoms with van der Waals surface area (Å²) in [4.78, 5) is 23.2. The van der Waals surface area contributed by atoms with Crippen molar-refractivity contribution in [3.63, 3.8) is 0 Å². The summed E-state index contributed by atoms with van der Waals surface area (Å²) < 4.78 is 16.2. The molecule has 3 aromatic rings. The van der Waals surface area contributed by atoms with E-state index >= 15 is 0 Å². The van der Waals surface area contributed by atoms with Crippen molar-refractivity contribution in [1.82, 2.24) is 0 Å². The van der Waals surface area contributed by atoms with Crippen molar-refractivity contribution >= 4 is 16.7 Å². The van der Waals surface area contributed by atoms with Crippen LogP contribution < -0.4 is 14.9 Å². The summed E-state index contributed by atoms with van der Waals surface area (Å²) in [5.41, 5.74) is 0.905. The van der Waals surface area contributed by atoms with Gasteiger partial charge in [-0.25, -0.2) is 0 Å². The molecule has 0 aliphatic rings. The van der Waals surface area contributed by atoms with Crippen LogP contribution in [0.4, 0.5) is 5.69 Å². The van der Waals surface area contributed by atoms with Crippen molar-refractivity contribution in [1.29, 1.82) is 0 Å². The molecule has 2 aromatic carbocycles. The third-order valence-electron chi connectivity index (χ3n) is 3.91. The second kappa shape index (κ2) is 6.27. The Morgan fingerprint density at radius 3 is 2.48 bits per heavy atom. The Kier molecular flexibility index (Phi) is 4.14. The highest BCUT2D eigenvalue weighted by molar-refractivity contribution is 5.86. The summed E-state index contributed by atoms with van der Waals surface area (Å²) in [7, 11) is 2.94. The Bertz CT molecular complexity index is 1040. The van der Waals surface area contributed by atoms with Gasteiger partial charge in [-0.05, 0) is 6.92 Å². The lowest BCUT2D eigenvalue weighted by molar-refractivity contribution is -0.385. The van der Waals surface area contributed by atoms with Gasteiger partial charge in [0.15, 0.2) is 5.43 Å². The van der Waals surface area contributed by atoms with E-state index in [1.54, 1.807) is 31.2 Å². The maximum Gasteiger partial charge on any atom is 0.273 e. The third kappa shape index (κ3) is 2.91. The van der Waals surface area contributed by atoms with Crippen LogP contribution in [-0.4, -0.2) is 19.1 Å². The molecule has 0 amide bonds. The molecule has 0 saturated heterocycles. The lowest BCUT2D eigenvalue weighted by Gasteiger charge is -2.09. The number of aryl methyl sites for hydroxylation is 1. The van der Waals surface area contributed by atoms with E-state index < -0.39 is 4.92 Å². The minimum absolute atomic E-state index is 0.0385. The zero-order valence-corrected chi connectivity index (χ0v) is 13.9. The van der Waals surface area contributed by atoms with Crippen molar-refractivity contribution in [2.75, 3.05) is 14.2 Å². The molecule has 3 rings (SSSR count). The number of hydrogen-bond donors (Lipinski definition) is 0. The molecule has 0 spiro atoms. The van der Waals surface area contributed by atoms with Gasteiger partial charge in [-0.15, -0.1) is 0 Å². The quantitative estimate of drug-likeness (QED) is 0.531. The summed E-state index contributed by atoms with van der Waals surface area (Å²) in [5.74, 6) is 1.04. The highest BCUT2D eigenvalue weighted by Gasteiger charge is 2.16. The van der Waals surface area contributed by atoms with Gasteiger partial charge in [0.25, 0.3) is 5.69 Å². The average Bonchev–Trinajstić information content (AvgIpc) is 2.60. The van der Waals surface area contributed by atoms with Gasteiger partial charge in [-0.2, -0.15) is 0 Å². The second-order valence-electron chi connectivity index (χ2n) is 5.44. The fourth-order valence-electron chi connectivity index (χ4n) is 2.61. The van der Waals surface area contributed by atoms with Gasteiger partial charge in [-0.3, -0.25) is 14.9 Å². The third-order valence-corrected chi connectivity index (χ3v) is 3.91. The van der Waals surface area contributed by atoms with E-state index in [1.807, 2.05) is 0 Å². The lowest BCUT2D eigenvalue weighted by Crippen LogP contribution is -2.03. The van der Waals surface area contributed by atoms with Gasteiger partial charge >= 0.3 is 0 Å². The molecule has 1 heterocycles. The van der Waals surface area contributed by atoms with E-state index in [0.717, 1.165) is 0 Å². The molecule has 0 fully saturated rings. The number of fused-ring (bicyclic) bond motifs is 1. The fraction of sp³-hybridized carbons (Fsp3) is 0.167. The molecule has 0 aliphatic carbocycles. The van der Waals surface area contributed by atoms with Crippen LogP contribution in [0.15, 0.2) is 45.6 Å². The molecule has 0 radical (unpaired) electrons. The Labute approximate surface area is 142 Å². The first kappa shape index (κ1) is 16.5. The van der Waals surface area contributed by atoms with Crippen LogP contribution in [0, 0.1) is 17.0 Å². The number of methoxy groups -OCH3 is 2. The molecule has 0 unspecified atom stereocenters. The highest BCUT2D eigenvalue weighted by atomic mass is 16.6. The standard InChI is InChI=1S/C18H15NO6/c1-10-4-5-11(6-13(10)19(21)22)15-9-14(20)18-16(24-3)7-12(23-2)8-17(18)25-15/h4-9H,1-3H3. The second-order valence-corrected chi connectivity index (χ2v) is 5.44. The van der Waals surface area contributed by atoms with Crippen LogP contribution in [0.5, 0.6) is 11.5 Å². The van der Waals surface area contributed by atoms with Gasteiger partial charge in [0.1, 0.15) is 28.2 Å².